The Hall–Kier alpha value is -0.0800. The number of nitrogens with one attached hydrogen (secondary N) is 1. The molecule has 0 heterocycles. The van der Waals surface area contributed by atoms with Crippen LogP contribution in [-0.4, -0.2) is 36.6 Å². The van der Waals surface area contributed by atoms with Crippen molar-refractivity contribution >= 4 is 0 Å². The van der Waals surface area contributed by atoms with Crippen molar-refractivity contribution in [3.05, 3.63) is 0 Å². The molecular formula is C18H38N2. The quantitative estimate of drug-likeness (QED) is 0.719. The van der Waals surface area contributed by atoms with E-state index < -0.39 is 0 Å². The minimum atomic E-state index is 0.677. The monoisotopic (exact) mass is 282 g/mol. The van der Waals surface area contributed by atoms with Crippen LogP contribution in [-0.2, 0) is 0 Å². The number of hydrogen-bond acceptors (Lipinski definition) is 2. The number of nitrogens with zero attached hydrogens (tertiary/aromatic N) is 1. The van der Waals surface area contributed by atoms with E-state index >= 15 is 0 Å². The number of rotatable bonds is 8. The van der Waals surface area contributed by atoms with Crippen LogP contribution in [0.15, 0.2) is 0 Å². The molecule has 20 heavy (non-hydrogen) atoms. The second-order valence-electron chi connectivity index (χ2n) is 7.33. The van der Waals surface area contributed by atoms with Gasteiger partial charge in [-0.15, -0.1) is 0 Å². The Bertz CT molecular complexity index is 250. The molecule has 0 aromatic carbocycles. The molecule has 2 nitrogen and oxygen atoms in total. The van der Waals surface area contributed by atoms with E-state index in [2.05, 4.69) is 51.8 Å². The normalized spacial score (nSPS) is 27.8. The molecule has 2 heteroatoms. The Morgan fingerprint density at radius 3 is 2.30 bits per heavy atom. The van der Waals surface area contributed by atoms with E-state index in [4.69, 9.17) is 0 Å². The minimum Gasteiger partial charge on any atom is -0.314 e. The van der Waals surface area contributed by atoms with Crippen LogP contribution in [0.4, 0.5) is 0 Å². The van der Waals surface area contributed by atoms with Gasteiger partial charge in [0.2, 0.25) is 0 Å². The summed E-state index contributed by atoms with van der Waals surface area (Å²) in [4.78, 5) is 2.69. The molecule has 0 amide bonds. The van der Waals surface area contributed by atoms with Crippen molar-refractivity contribution in [3.63, 3.8) is 0 Å². The van der Waals surface area contributed by atoms with E-state index in [-0.39, 0.29) is 0 Å². The van der Waals surface area contributed by atoms with Crippen molar-refractivity contribution in [2.24, 2.45) is 17.8 Å². The van der Waals surface area contributed by atoms with Gasteiger partial charge in [-0.3, -0.25) is 0 Å². The molecule has 0 saturated heterocycles. The van der Waals surface area contributed by atoms with Gasteiger partial charge in [-0.1, -0.05) is 27.7 Å². The lowest BCUT2D eigenvalue weighted by atomic mass is 9.73. The maximum absolute atomic E-state index is 3.75. The fourth-order valence-corrected chi connectivity index (χ4v) is 3.79. The third kappa shape index (κ3) is 5.37. The summed E-state index contributed by atoms with van der Waals surface area (Å²) in [7, 11) is 0. The summed E-state index contributed by atoms with van der Waals surface area (Å²) >= 11 is 0. The van der Waals surface area contributed by atoms with Gasteiger partial charge in [0, 0.05) is 18.6 Å². The molecule has 3 unspecified atom stereocenters. The Kier molecular flexibility index (Phi) is 8.13. The highest BCUT2D eigenvalue weighted by Crippen LogP contribution is 2.34. The van der Waals surface area contributed by atoms with E-state index in [0.717, 1.165) is 30.3 Å². The van der Waals surface area contributed by atoms with Crippen LogP contribution in [0.5, 0.6) is 0 Å². The highest BCUT2D eigenvalue weighted by Gasteiger charge is 2.32. The van der Waals surface area contributed by atoms with Crippen LogP contribution < -0.4 is 5.32 Å². The molecule has 120 valence electrons. The standard InChI is InChI=1S/C18H38N2/c1-7-11-20(15(5)6)13-17-12-16(14(3)4)9-10-18(17)19-8-2/h14-19H,7-13H2,1-6H3. The van der Waals surface area contributed by atoms with Crippen LogP contribution in [0.3, 0.4) is 0 Å². The fraction of sp³-hybridized carbons (Fsp3) is 1.00. The van der Waals surface area contributed by atoms with E-state index in [1.165, 1.54) is 38.8 Å². The van der Waals surface area contributed by atoms with Crippen LogP contribution in [0.25, 0.3) is 0 Å². The zero-order valence-corrected chi connectivity index (χ0v) is 14.8. The molecule has 0 aliphatic heterocycles. The Balaban J connectivity index is 2.67. The van der Waals surface area contributed by atoms with E-state index in [1.54, 1.807) is 0 Å². The summed E-state index contributed by atoms with van der Waals surface area (Å²) in [6, 6.07) is 1.42. The molecule has 1 rings (SSSR count). The van der Waals surface area contributed by atoms with Crippen molar-refractivity contribution in [3.8, 4) is 0 Å². The molecule has 0 radical (unpaired) electrons. The second-order valence-corrected chi connectivity index (χ2v) is 7.33. The van der Waals surface area contributed by atoms with E-state index in [1.807, 2.05) is 0 Å². The third-order valence-corrected chi connectivity index (χ3v) is 5.14. The van der Waals surface area contributed by atoms with Gasteiger partial charge < -0.3 is 10.2 Å². The highest BCUT2D eigenvalue weighted by atomic mass is 15.1. The summed E-state index contributed by atoms with van der Waals surface area (Å²) in [6.45, 7) is 17.7. The lowest BCUT2D eigenvalue weighted by molar-refractivity contribution is 0.106. The predicted molar refractivity (Wildman–Crippen MR) is 90.1 cm³/mol. The Labute approximate surface area is 127 Å². The molecule has 1 saturated carbocycles. The molecule has 3 atom stereocenters. The van der Waals surface area contributed by atoms with Crippen LogP contribution in [0.2, 0.25) is 0 Å². The molecule has 1 N–H and O–H groups in total. The van der Waals surface area contributed by atoms with Crippen molar-refractivity contribution in [1.82, 2.24) is 10.2 Å². The smallest absolute Gasteiger partial charge is 0.0108 e. The van der Waals surface area contributed by atoms with Gasteiger partial charge in [0.25, 0.3) is 0 Å². The fourth-order valence-electron chi connectivity index (χ4n) is 3.79. The maximum atomic E-state index is 3.75. The average Bonchev–Trinajstić information content (AvgIpc) is 2.39. The molecule has 1 fully saturated rings. The lowest BCUT2D eigenvalue weighted by Crippen LogP contribution is -2.48. The molecule has 0 spiro atoms. The van der Waals surface area contributed by atoms with E-state index in [0.29, 0.717) is 6.04 Å². The topological polar surface area (TPSA) is 15.3 Å². The summed E-state index contributed by atoms with van der Waals surface area (Å²) < 4.78 is 0. The summed E-state index contributed by atoms with van der Waals surface area (Å²) in [5, 5.41) is 3.75. The van der Waals surface area contributed by atoms with Crippen molar-refractivity contribution in [1.29, 1.82) is 0 Å². The Morgan fingerprint density at radius 1 is 1.10 bits per heavy atom. The van der Waals surface area contributed by atoms with Crippen molar-refractivity contribution in [2.75, 3.05) is 19.6 Å². The number of hydrogen-bond donors (Lipinski definition) is 1. The SMILES string of the molecule is CCCN(CC1CC(C(C)C)CCC1NCC)C(C)C. The summed E-state index contributed by atoms with van der Waals surface area (Å²) in [6.07, 6.45) is 5.48. The molecule has 0 aromatic heterocycles. The maximum Gasteiger partial charge on any atom is 0.0108 e. The Morgan fingerprint density at radius 2 is 1.80 bits per heavy atom. The molecular weight excluding hydrogens is 244 g/mol. The van der Waals surface area contributed by atoms with Gasteiger partial charge in [0.15, 0.2) is 0 Å². The molecule has 1 aliphatic rings. The summed E-state index contributed by atoms with van der Waals surface area (Å²) in [5.74, 6) is 2.62. The molecule has 0 bridgehead atoms. The van der Waals surface area contributed by atoms with Crippen LogP contribution >= 0.6 is 0 Å². The first-order valence-electron chi connectivity index (χ1n) is 8.96. The second kappa shape index (κ2) is 9.04. The third-order valence-electron chi connectivity index (χ3n) is 5.14. The minimum absolute atomic E-state index is 0.677. The van der Waals surface area contributed by atoms with Crippen molar-refractivity contribution < 1.29 is 0 Å². The van der Waals surface area contributed by atoms with Crippen LogP contribution in [0.1, 0.15) is 67.2 Å². The van der Waals surface area contributed by atoms with Crippen molar-refractivity contribution in [2.45, 2.75) is 79.3 Å². The van der Waals surface area contributed by atoms with E-state index in [9.17, 15) is 0 Å². The van der Waals surface area contributed by atoms with Gasteiger partial charge in [-0.2, -0.15) is 0 Å². The first-order chi connectivity index (χ1) is 9.49. The van der Waals surface area contributed by atoms with Gasteiger partial charge in [0.05, 0.1) is 0 Å². The van der Waals surface area contributed by atoms with Crippen LogP contribution in [0, 0.1) is 17.8 Å². The van der Waals surface area contributed by atoms with Gasteiger partial charge in [-0.25, -0.2) is 0 Å². The first kappa shape index (κ1) is 18.0. The zero-order valence-electron chi connectivity index (χ0n) is 14.8. The highest BCUT2D eigenvalue weighted by molar-refractivity contribution is 4.87. The molecule has 1 aliphatic carbocycles. The first-order valence-corrected chi connectivity index (χ1v) is 8.96. The van der Waals surface area contributed by atoms with Gasteiger partial charge in [0.1, 0.15) is 0 Å². The summed E-state index contributed by atoms with van der Waals surface area (Å²) in [5.41, 5.74) is 0. The predicted octanol–water partition coefficient (Wildman–Crippen LogP) is 4.16. The van der Waals surface area contributed by atoms with Gasteiger partial charge in [-0.05, 0) is 70.4 Å². The largest absolute Gasteiger partial charge is 0.314 e. The zero-order chi connectivity index (χ0) is 15.1. The average molecular weight is 283 g/mol. The van der Waals surface area contributed by atoms with Gasteiger partial charge >= 0.3 is 0 Å². The lowest BCUT2D eigenvalue weighted by Gasteiger charge is -2.41. The molecule has 0 aromatic rings.